The van der Waals surface area contributed by atoms with Crippen LogP contribution in [-0.4, -0.2) is 28.0 Å². The van der Waals surface area contributed by atoms with Gasteiger partial charge >= 0.3 is 5.97 Å². The molecule has 0 fully saturated rings. The highest BCUT2D eigenvalue weighted by atomic mass is 35.5. The predicted molar refractivity (Wildman–Crippen MR) is 80.2 cm³/mol. The number of carbonyl (C=O) groups excluding carboxylic acids is 1. The van der Waals surface area contributed by atoms with Gasteiger partial charge in [0, 0.05) is 18.4 Å². The first-order chi connectivity index (χ1) is 9.99. The van der Waals surface area contributed by atoms with Gasteiger partial charge in [0.05, 0.1) is 17.6 Å². The highest BCUT2D eigenvalue weighted by Crippen LogP contribution is 2.25. The lowest BCUT2D eigenvalue weighted by molar-refractivity contribution is -0.146. The van der Waals surface area contributed by atoms with Crippen LogP contribution in [0, 0.1) is 12.7 Å². The number of fused-ring (bicyclic) bond motifs is 1. The lowest BCUT2D eigenvalue weighted by atomic mass is 10.2. The number of benzene rings is 1. The van der Waals surface area contributed by atoms with E-state index in [4.69, 9.17) is 16.3 Å². The fraction of sp³-hybridized carbons (Fsp3) is 0.467. The molecule has 0 spiro atoms. The highest BCUT2D eigenvalue weighted by molar-refractivity contribution is 6.17. The molecule has 2 aromatic rings. The molecule has 0 radical (unpaired) electrons. The van der Waals surface area contributed by atoms with Gasteiger partial charge in [-0.2, -0.15) is 0 Å². The van der Waals surface area contributed by atoms with Crippen LogP contribution in [0.2, 0.25) is 0 Å². The number of alkyl halides is 1. The molecule has 0 aliphatic rings. The minimum atomic E-state index is -0.530. The Kier molecular flexibility index (Phi) is 4.83. The van der Waals surface area contributed by atoms with E-state index < -0.39 is 6.04 Å². The number of aromatic nitrogens is 2. The smallest absolute Gasteiger partial charge is 0.328 e. The van der Waals surface area contributed by atoms with E-state index in [1.54, 1.807) is 31.4 Å². The van der Waals surface area contributed by atoms with E-state index in [1.807, 2.05) is 0 Å². The number of carbonyl (C=O) groups is 1. The van der Waals surface area contributed by atoms with Crippen LogP contribution in [0.4, 0.5) is 4.39 Å². The maximum absolute atomic E-state index is 13.7. The number of aryl methyl sites for hydroxylation is 2. The van der Waals surface area contributed by atoms with Gasteiger partial charge in [-0.1, -0.05) is 0 Å². The van der Waals surface area contributed by atoms with Crippen molar-refractivity contribution in [3.8, 4) is 0 Å². The number of imidazole rings is 1. The van der Waals surface area contributed by atoms with Gasteiger partial charge in [0.25, 0.3) is 0 Å². The van der Waals surface area contributed by atoms with Crippen LogP contribution >= 0.6 is 11.6 Å². The summed E-state index contributed by atoms with van der Waals surface area (Å²) in [4.78, 5) is 16.4. The largest absolute Gasteiger partial charge is 0.464 e. The normalized spacial score (nSPS) is 12.6. The average Bonchev–Trinajstić information content (AvgIpc) is 2.76. The van der Waals surface area contributed by atoms with Crippen molar-refractivity contribution in [1.29, 1.82) is 0 Å². The number of hydrogen-bond acceptors (Lipinski definition) is 3. The van der Waals surface area contributed by atoms with Crippen molar-refractivity contribution in [3.05, 3.63) is 29.3 Å². The molecule has 1 aromatic carbocycles. The zero-order chi connectivity index (χ0) is 15.6. The summed E-state index contributed by atoms with van der Waals surface area (Å²) in [6.45, 7) is 5.50. The Morgan fingerprint density at radius 3 is 2.86 bits per heavy atom. The first-order valence-electron chi connectivity index (χ1n) is 6.89. The van der Waals surface area contributed by atoms with E-state index in [1.165, 1.54) is 6.07 Å². The van der Waals surface area contributed by atoms with Crippen LogP contribution in [0.3, 0.4) is 0 Å². The molecule has 6 heteroatoms. The summed E-state index contributed by atoms with van der Waals surface area (Å²) >= 11 is 5.80. The molecule has 21 heavy (non-hydrogen) atoms. The van der Waals surface area contributed by atoms with E-state index in [-0.39, 0.29) is 11.8 Å². The first-order valence-corrected chi connectivity index (χ1v) is 7.42. The van der Waals surface area contributed by atoms with Crippen LogP contribution in [-0.2, 0) is 16.0 Å². The van der Waals surface area contributed by atoms with Gasteiger partial charge < -0.3 is 9.30 Å². The summed E-state index contributed by atoms with van der Waals surface area (Å²) in [5.74, 6) is 0.383. The van der Waals surface area contributed by atoms with Crippen molar-refractivity contribution in [2.45, 2.75) is 33.2 Å². The summed E-state index contributed by atoms with van der Waals surface area (Å²) in [6.07, 6.45) is 0.501. The standard InChI is InChI=1S/C15H18ClFN2O2/c1-4-21-15(20)10(3)19-13-7-9(2)11(17)8-12(13)18-14(19)5-6-16/h7-8,10H,4-6H2,1-3H3. The number of esters is 1. The molecule has 0 N–H and O–H groups in total. The Hall–Kier alpha value is -1.62. The topological polar surface area (TPSA) is 44.1 Å². The van der Waals surface area contributed by atoms with Gasteiger partial charge in [-0.15, -0.1) is 11.6 Å². The lowest BCUT2D eigenvalue weighted by Crippen LogP contribution is -2.21. The van der Waals surface area contributed by atoms with E-state index in [0.717, 1.165) is 5.52 Å². The summed E-state index contributed by atoms with van der Waals surface area (Å²) < 4.78 is 20.5. The molecule has 0 saturated heterocycles. The minimum absolute atomic E-state index is 0.312. The van der Waals surface area contributed by atoms with Crippen molar-refractivity contribution in [1.82, 2.24) is 9.55 Å². The maximum Gasteiger partial charge on any atom is 0.328 e. The molecule has 0 aliphatic carbocycles. The van der Waals surface area contributed by atoms with Crippen molar-refractivity contribution in [2.24, 2.45) is 0 Å². The molecule has 1 unspecified atom stereocenters. The fourth-order valence-electron chi connectivity index (χ4n) is 2.33. The summed E-state index contributed by atoms with van der Waals surface area (Å²) in [6, 6.07) is 2.56. The molecule has 0 bridgehead atoms. The van der Waals surface area contributed by atoms with Crippen LogP contribution in [0.5, 0.6) is 0 Å². The molecular weight excluding hydrogens is 295 g/mol. The van der Waals surface area contributed by atoms with Crippen LogP contribution in [0.1, 0.15) is 31.3 Å². The van der Waals surface area contributed by atoms with Crippen molar-refractivity contribution in [2.75, 3.05) is 12.5 Å². The Morgan fingerprint density at radius 1 is 1.52 bits per heavy atom. The number of halogens is 2. The third-order valence-electron chi connectivity index (χ3n) is 3.38. The summed E-state index contributed by atoms with van der Waals surface area (Å²) in [5.41, 5.74) is 1.75. The van der Waals surface area contributed by atoms with Crippen molar-refractivity contribution < 1.29 is 13.9 Å². The monoisotopic (exact) mass is 312 g/mol. The quantitative estimate of drug-likeness (QED) is 0.628. The average molecular weight is 313 g/mol. The molecule has 1 heterocycles. The SMILES string of the molecule is CCOC(=O)C(C)n1c(CCCl)nc2cc(F)c(C)cc21. The third kappa shape index (κ3) is 3.02. The zero-order valence-electron chi connectivity index (χ0n) is 12.3. The Balaban J connectivity index is 2.60. The first kappa shape index (κ1) is 15.8. The minimum Gasteiger partial charge on any atom is -0.464 e. The zero-order valence-corrected chi connectivity index (χ0v) is 13.1. The Morgan fingerprint density at radius 2 is 2.24 bits per heavy atom. The third-order valence-corrected chi connectivity index (χ3v) is 3.57. The van der Waals surface area contributed by atoms with Gasteiger partial charge in [-0.05, 0) is 32.4 Å². The molecule has 1 aromatic heterocycles. The maximum atomic E-state index is 13.7. The molecule has 1 atom stereocenters. The number of ether oxygens (including phenoxy) is 1. The molecule has 0 amide bonds. The number of rotatable bonds is 5. The van der Waals surface area contributed by atoms with Gasteiger partial charge in [-0.25, -0.2) is 14.2 Å². The predicted octanol–water partition coefficient (Wildman–Crippen LogP) is 3.39. The molecule has 2 rings (SSSR count). The molecule has 4 nitrogen and oxygen atoms in total. The van der Waals surface area contributed by atoms with Crippen LogP contribution in [0.25, 0.3) is 11.0 Å². The second kappa shape index (κ2) is 6.43. The molecule has 114 valence electrons. The van der Waals surface area contributed by atoms with Gasteiger partial charge in [0.2, 0.25) is 0 Å². The molecular formula is C15H18ClFN2O2. The van der Waals surface area contributed by atoms with Gasteiger partial charge in [0.15, 0.2) is 0 Å². The van der Waals surface area contributed by atoms with Crippen molar-refractivity contribution >= 4 is 28.6 Å². The van der Waals surface area contributed by atoms with E-state index >= 15 is 0 Å². The number of nitrogens with zero attached hydrogens (tertiary/aromatic N) is 2. The van der Waals surface area contributed by atoms with E-state index in [2.05, 4.69) is 4.98 Å². The summed E-state index contributed by atoms with van der Waals surface area (Å²) in [5, 5.41) is 0. The second-order valence-electron chi connectivity index (χ2n) is 4.86. The van der Waals surface area contributed by atoms with Gasteiger partial charge in [0.1, 0.15) is 17.7 Å². The van der Waals surface area contributed by atoms with E-state index in [0.29, 0.717) is 35.8 Å². The summed E-state index contributed by atoms with van der Waals surface area (Å²) in [7, 11) is 0. The van der Waals surface area contributed by atoms with Crippen LogP contribution < -0.4 is 0 Å². The second-order valence-corrected chi connectivity index (χ2v) is 5.23. The van der Waals surface area contributed by atoms with Crippen LogP contribution in [0.15, 0.2) is 12.1 Å². The molecule has 0 aliphatic heterocycles. The molecule has 0 saturated carbocycles. The highest BCUT2D eigenvalue weighted by Gasteiger charge is 2.23. The Bertz CT molecular complexity index is 669. The fourth-order valence-corrected chi connectivity index (χ4v) is 2.50. The Labute approximate surface area is 127 Å². The van der Waals surface area contributed by atoms with E-state index in [9.17, 15) is 9.18 Å². The number of hydrogen-bond donors (Lipinski definition) is 0. The lowest BCUT2D eigenvalue weighted by Gasteiger charge is -2.16. The van der Waals surface area contributed by atoms with Crippen molar-refractivity contribution in [3.63, 3.8) is 0 Å². The van der Waals surface area contributed by atoms with Gasteiger partial charge in [-0.3, -0.25) is 0 Å².